The summed E-state index contributed by atoms with van der Waals surface area (Å²) in [5.41, 5.74) is 0.171. The first-order chi connectivity index (χ1) is 9.88. The molecule has 0 bridgehead atoms. The number of aromatic nitrogens is 3. The van der Waals surface area contributed by atoms with Crippen LogP contribution in [-0.4, -0.2) is 34.6 Å². The van der Waals surface area contributed by atoms with Gasteiger partial charge in [0.2, 0.25) is 17.2 Å². The highest BCUT2D eigenvalue weighted by Gasteiger charge is 2.23. The zero-order valence-electron chi connectivity index (χ0n) is 13.5. The van der Waals surface area contributed by atoms with Gasteiger partial charge in [0.15, 0.2) is 0 Å². The molecule has 0 amide bonds. The molecule has 118 valence electrons. The lowest BCUT2D eigenvalue weighted by Gasteiger charge is -2.30. The summed E-state index contributed by atoms with van der Waals surface area (Å²) < 4.78 is 0. The number of piperidine rings is 1. The van der Waals surface area contributed by atoms with Gasteiger partial charge in [-0.25, -0.2) is 0 Å². The Labute approximate surface area is 132 Å². The third-order valence-electron chi connectivity index (χ3n) is 4.50. The number of nitrogens with one attached hydrogen (secondary N) is 1. The Kier molecular flexibility index (Phi) is 5.25. The molecule has 0 atom stereocenters. The highest BCUT2D eigenvalue weighted by molar-refractivity contribution is 6.28. The molecule has 1 aliphatic rings. The first-order valence-corrected chi connectivity index (χ1v) is 8.17. The van der Waals surface area contributed by atoms with Crippen molar-refractivity contribution in [3.8, 4) is 0 Å². The van der Waals surface area contributed by atoms with E-state index in [1.165, 1.54) is 19.3 Å². The summed E-state index contributed by atoms with van der Waals surface area (Å²) in [6.45, 7) is 11.7. The molecule has 21 heavy (non-hydrogen) atoms. The fraction of sp³-hybridized carbons (Fsp3) is 0.800. The minimum atomic E-state index is 0.171. The van der Waals surface area contributed by atoms with Gasteiger partial charge in [-0.1, -0.05) is 27.7 Å². The zero-order valence-corrected chi connectivity index (χ0v) is 14.2. The average Bonchev–Trinajstić information content (AvgIpc) is 2.45. The largest absolute Gasteiger partial charge is 0.353 e. The Hall–Kier alpha value is -1.10. The number of hydrogen-bond acceptors (Lipinski definition) is 5. The van der Waals surface area contributed by atoms with Crippen molar-refractivity contribution in [1.29, 1.82) is 0 Å². The van der Waals surface area contributed by atoms with Crippen molar-refractivity contribution in [1.82, 2.24) is 15.0 Å². The molecule has 1 fully saturated rings. The van der Waals surface area contributed by atoms with Gasteiger partial charge in [-0.2, -0.15) is 15.0 Å². The molecule has 1 aliphatic heterocycles. The summed E-state index contributed by atoms with van der Waals surface area (Å²) in [5.74, 6) is 1.84. The van der Waals surface area contributed by atoms with Crippen molar-refractivity contribution in [2.75, 3.05) is 29.9 Å². The molecule has 1 aromatic rings. The first-order valence-electron chi connectivity index (χ1n) is 7.79. The Morgan fingerprint density at radius 1 is 1.14 bits per heavy atom. The smallest absolute Gasteiger partial charge is 0.231 e. The topological polar surface area (TPSA) is 53.9 Å². The van der Waals surface area contributed by atoms with Crippen LogP contribution in [0, 0.1) is 11.3 Å². The van der Waals surface area contributed by atoms with Gasteiger partial charge in [0.05, 0.1) is 0 Å². The molecule has 1 saturated heterocycles. The van der Waals surface area contributed by atoms with Gasteiger partial charge in [0, 0.05) is 19.6 Å². The lowest BCUT2D eigenvalue weighted by Crippen LogP contribution is -2.32. The lowest BCUT2D eigenvalue weighted by molar-refractivity contribution is 0.269. The normalized spacial score (nSPS) is 16.4. The molecule has 0 saturated carbocycles. The zero-order chi connectivity index (χ0) is 15.5. The van der Waals surface area contributed by atoms with Crippen molar-refractivity contribution in [3.63, 3.8) is 0 Å². The van der Waals surface area contributed by atoms with Gasteiger partial charge in [0.1, 0.15) is 0 Å². The van der Waals surface area contributed by atoms with Gasteiger partial charge >= 0.3 is 0 Å². The van der Waals surface area contributed by atoms with E-state index in [1.807, 2.05) is 0 Å². The van der Waals surface area contributed by atoms with E-state index in [-0.39, 0.29) is 10.7 Å². The standard InChI is InChI=1S/C15H26ClN5/c1-11(2)15(3,4)10-17-13-18-12(16)19-14(20-13)21-8-6-5-7-9-21/h11H,5-10H2,1-4H3,(H,17,18,19,20). The van der Waals surface area contributed by atoms with Crippen molar-refractivity contribution < 1.29 is 0 Å². The van der Waals surface area contributed by atoms with Crippen LogP contribution in [0.3, 0.4) is 0 Å². The van der Waals surface area contributed by atoms with Crippen LogP contribution in [0.15, 0.2) is 0 Å². The monoisotopic (exact) mass is 311 g/mol. The second-order valence-corrected chi connectivity index (χ2v) is 7.11. The van der Waals surface area contributed by atoms with E-state index in [2.05, 4.69) is 52.9 Å². The third kappa shape index (κ3) is 4.43. The van der Waals surface area contributed by atoms with E-state index < -0.39 is 0 Å². The summed E-state index contributed by atoms with van der Waals surface area (Å²) in [5, 5.41) is 3.57. The molecule has 0 radical (unpaired) electrons. The minimum absolute atomic E-state index is 0.171. The van der Waals surface area contributed by atoms with Gasteiger partial charge < -0.3 is 10.2 Å². The maximum atomic E-state index is 6.05. The number of rotatable bonds is 5. The molecular formula is C15H26ClN5. The Balaban J connectivity index is 2.08. The van der Waals surface area contributed by atoms with Gasteiger partial charge in [-0.3, -0.25) is 0 Å². The summed E-state index contributed by atoms with van der Waals surface area (Å²) in [6, 6.07) is 0. The fourth-order valence-corrected chi connectivity index (χ4v) is 2.32. The number of halogens is 1. The lowest BCUT2D eigenvalue weighted by atomic mass is 9.81. The molecule has 0 spiro atoms. The molecule has 0 unspecified atom stereocenters. The average molecular weight is 312 g/mol. The summed E-state index contributed by atoms with van der Waals surface area (Å²) in [4.78, 5) is 15.2. The van der Waals surface area contributed by atoms with Crippen LogP contribution >= 0.6 is 11.6 Å². The second-order valence-electron chi connectivity index (χ2n) is 6.77. The molecule has 2 rings (SSSR count). The predicted octanol–water partition coefficient (Wildman–Crippen LogP) is 3.61. The van der Waals surface area contributed by atoms with Gasteiger partial charge in [0.25, 0.3) is 0 Å². The van der Waals surface area contributed by atoms with Crippen LogP contribution in [0.2, 0.25) is 5.28 Å². The first kappa shape index (κ1) is 16.3. The summed E-state index contributed by atoms with van der Waals surface area (Å²) in [6.07, 6.45) is 3.65. The van der Waals surface area contributed by atoms with Gasteiger partial charge in [-0.15, -0.1) is 0 Å². The van der Waals surface area contributed by atoms with E-state index in [0.29, 0.717) is 17.8 Å². The molecule has 0 aromatic carbocycles. The maximum absolute atomic E-state index is 6.05. The van der Waals surface area contributed by atoms with E-state index in [9.17, 15) is 0 Å². The van der Waals surface area contributed by atoms with E-state index in [0.717, 1.165) is 19.6 Å². The summed E-state index contributed by atoms with van der Waals surface area (Å²) in [7, 11) is 0. The van der Waals surface area contributed by atoms with Crippen LogP contribution in [0.4, 0.5) is 11.9 Å². The molecule has 0 aliphatic carbocycles. The molecular weight excluding hydrogens is 286 g/mol. The van der Waals surface area contributed by atoms with Crippen molar-refractivity contribution in [2.24, 2.45) is 11.3 Å². The Morgan fingerprint density at radius 3 is 2.43 bits per heavy atom. The quantitative estimate of drug-likeness (QED) is 0.900. The SMILES string of the molecule is CC(C)C(C)(C)CNc1nc(Cl)nc(N2CCCCC2)n1. The second kappa shape index (κ2) is 6.77. The maximum Gasteiger partial charge on any atom is 0.231 e. The number of nitrogens with zero attached hydrogens (tertiary/aromatic N) is 4. The van der Waals surface area contributed by atoms with Crippen molar-refractivity contribution >= 4 is 23.5 Å². The third-order valence-corrected chi connectivity index (χ3v) is 4.67. The molecule has 6 heteroatoms. The molecule has 5 nitrogen and oxygen atoms in total. The molecule has 2 heterocycles. The highest BCUT2D eigenvalue weighted by atomic mass is 35.5. The fourth-order valence-electron chi connectivity index (χ4n) is 2.17. The number of anilines is 2. The van der Waals surface area contributed by atoms with Crippen LogP contribution in [0.1, 0.15) is 47.0 Å². The van der Waals surface area contributed by atoms with Crippen LogP contribution in [-0.2, 0) is 0 Å². The minimum Gasteiger partial charge on any atom is -0.353 e. The number of hydrogen-bond donors (Lipinski definition) is 1. The highest BCUT2D eigenvalue weighted by Crippen LogP contribution is 2.26. The predicted molar refractivity (Wildman–Crippen MR) is 88.0 cm³/mol. The van der Waals surface area contributed by atoms with Crippen molar-refractivity contribution in [3.05, 3.63) is 5.28 Å². The Morgan fingerprint density at radius 2 is 1.81 bits per heavy atom. The Bertz CT molecular complexity index is 469. The molecule has 1 aromatic heterocycles. The van der Waals surface area contributed by atoms with E-state index >= 15 is 0 Å². The van der Waals surface area contributed by atoms with Crippen LogP contribution < -0.4 is 10.2 Å². The van der Waals surface area contributed by atoms with Crippen molar-refractivity contribution in [2.45, 2.75) is 47.0 Å². The molecule has 1 N–H and O–H groups in total. The summed E-state index contributed by atoms with van der Waals surface area (Å²) >= 11 is 6.05. The van der Waals surface area contributed by atoms with Gasteiger partial charge in [-0.05, 0) is 42.2 Å². The van der Waals surface area contributed by atoms with Crippen LogP contribution in [0.5, 0.6) is 0 Å². The van der Waals surface area contributed by atoms with E-state index in [1.54, 1.807) is 0 Å². The van der Waals surface area contributed by atoms with Crippen LogP contribution in [0.25, 0.3) is 0 Å². The van der Waals surface area contributed by atoms with E-state index in [4.69, 9.17) is 11.6 Å².